The first-order valence-electron chi connectivity index (χ1n) is 11.2. The fourth-order valence-corrected chi connectivity index (χ4v) is 4.62. The van der Waals surface area contributed by atoms with Gasteiger partial charge in [-0.2, -0.15) is 0 Å². The predicted octanol–water partition coefficient (Wildman–Crippen LogP) is 8.48. The summed E-state index contributed by atoms with van der Waals surface area (Å²) in [4.78, 5) is 4.19. The molecule has 0 amide bonds. The van der Waals surface area contributed by atoms with Gasteiger partial charge in [-0.15, -0.1) is 17.0 Å². The molecule has 9 heteroatoms. The Morgan fingerprint density at radius 2 is 1.58 bits per heavy atom. The van der Waals surface area contributed by atoms with Gasteiger partial charge in [-0.3, -0.25) is 0 Å². The summed E-state index contributed by atoms with van der Waals surface area (Å²) in [5, 5.41) is 1.79. The average molecular weight is 633 g/mol. The van der Waals surface area contributed by atoms with Crippen molar-refractivity contribution in [2.75, 3.05) is 19.8 Å². The van der Waals surface area contributed by atoms with Crippen LogP contribution in [-0.4, -0.2) is 35.1 Å². The quantitative estimate of drug-likeness (QED) is 0.165. The number of ether oxygens (including phenoxy) is 2. The third-order valence-corrected chi connectivity index (χ3v) is 7.00. The highest BCUT2D eigenvalue weighted by atomic mass is 79.9. The van der Waals surface area contributed by atoms with Gasteiger partial charge < -0.3 is 19.3 Å². The summed E-state index contributed by atoms with van der Waals surface area (Å²) >= 11 is 25.5. The summed E-state index contributed by atoms with van der Waals surface area (Å²) in [6.45, 7) is 4.28. The van der Waals surface area contributed by atoms with Gasteiger partial charge in [0.15, 0.2) is 0 Å². The Morgan fingerprint density at radius 3 is 2.28 bits per heavy atom. The van der Waals surface area contributed by atoms with Gasteiger partial charge in [-0.25, -0.2) is 0 Å². The molecule has 0 radical (unpaired) electrons. The molecule has 3 aromatic rings. The van der Waals surface area contributed by atoms with E-state index in [0.717, 1.165) is 23.4 Å². The highest BCUT2D eigenvalue weighted by Gasteiger charge is 2.29. The standard InChI is InChI=1S/C27H26Cl4N2O2.BrH/c1-19-2-10-24(11-3-19)34-15-14-32-12-13-33(18-32)27(31)26(20-4-7-22(28)8-5-20)35-17-21-6-9-23(29)16-25(21)30;/h2-13,16,26-27H,14-15,17-18H2,1H3;1H. The first-order chi connectivity index (χ1) is 16.9. The van der Waals surface area contributed by atoms with Gasteiger partial charge in [0, 0.05) is 27.5 Å². The van der Waals surface area contributed by atoms with E-state index in [-0.39, 0.29) is 23.6 Å². The summed E-state index contributed by atoms with van der Waals surface area (Å²) in [5.41, 5.74) is 2.51. The third-order valence-electron chi connectivity index (χ3n) is 5.68. The van der Waals surface area contributed by atoms with Crippen LogP contribution in [0, 0.1) is 6.92 Å². The first-order valence-corrected chi connectivity index (χ1v) is 12.8. The molecule has 0 N–H and O–H groups in total. The Balaban J connectivity index is 0.00000361. The Labute approximate surface area is 243 Å². The average Bonchev–Trinajstić information content (AvgIpc) is 3.31. The Morgan fingerprint density at radius 1 is 0.889 bits per heavy atom. The topological polar surface area (TPSA) is 24.9 Å². The molecule has 2 atom stereocenters. The Bertz CT molecular complexity index is 1150. The van der Waals surface area contributed by atoms with E-state index in [4.69, 9.17) is 55.9 Å². The van der Waals surface area contributed by atoms with Crippen molar-refractivity contribution in [2.24, 2.45) is 0 Å². The minimum Gasteiger partial charge on any atom is -0.492 e. The second-order valence-electron chi connectivity index (χ2n) is 8.32. The number of hydrogen-bond acceptors (Lipinski definition) is 4. The van der Waals surface area contributed by atoms with Crippen LogP contribution in [-0.2, 0) is 11.3 Å². The maximum Gasteiger partial charge on any atom is 0.135 e. The predicted molar refractivity (Wildman–Crippen MR) is 155 cm³/mol. The van der Waals surface area contributed by atoms with Gasteiger partial charge >= 0.3 is 0 Å². The lowest BCUT2D eigenvalue weighted by Crippen LogP contribution is -2.36. The zero-order chi connectivity index (χ0) is 24.8. The molecule has 4 rings (SSSR count). The summed E-state index contributed by atoms with van der Waals surface area (Å²) in [7, 11) is 0. The van der Waals surface area contributed by atoms with Crippen molar-refractivity contribution in [1.29, 1.82) is 0 Å². The van der Waals surface area contributed by atoms with Crippen molar-refractivity contribution >= 4 is 63.4 Å². The molecule has 2 unspecified atom stereocenters. The van der Waals surface area contributed by atoms with Crippen LogP contribution >= 0.6 is 63.4 Å². The third kappa shape index (κ3) is 7.95. The monoisotopic (exact) mass is 630 g/mol. The molecule has 1 aliphatic rings. The van der Waals surface area contributed by atoms with Crippen molar-refractivity contribution in [1.82, 2.24) is 9.80 Å². The molecular weight excluding hydrogens is 606 g/mol. The SMILES string of the molecule is Br.Cc1ccc(OCCN2C=CN(C(Cl)C(OCc3ccc(Cl)cc3Cl)c3ccc(Cl)cc3)C2)cc1. The van der Waals surface area contributed by atoms with Crippen molar-refractivity contribution in [3.05, 3.63) is 111 Å². The van der Waals surface area contributed by atoms with Crippen LogP contribution < -0.4 is 4.74 Å². The molecule has 36 heavy (non-hydrogen) atoms. The van der Waals surface area contributed by atoms with E-state index in [1.165, 1.54) is 5.56 Å². The van der Waals surface area contributed by atoms with Gasteiger partial charge in [0.2, 0.25) is 0 Å². The molecule has 1 heterocycles. The van der Waals surface area contributed by atoms with E-state index in [9.17, 15) is 0 Å². The van der Waals surface area contributed by atoms with E-state index in [1.807, 2.05) is 71.9 Å². The molecular formula is C27H27BrCl4N2O2. The van der Waals surface area contributed by atoms with Gasteiger partial charge in [0.25, 0.3) is 0 Å². The van der Waals surface area contributed by atoms with Crippen LogP contribution in [0.25, 0.3) is 0 Å². The van der Waals surface area contributed by atoms with Crippen LogP contribution in [0.2, 0.25) is 15.1 Å². The smallest absolute Gasteiger partial charge is 0.135 e. The Kier molecular flexibility index (Phi) is 11.1. The molecule has 3 aromatic carbocycles. The van der Waals surface area contributed by atoms with E-state index in [2.05, 4.69) is 11.8 Å². The fourth-order valence-electron chi connectivity index (χ4n) is 3.68. The number of benzene rings is 3. The summed E-state index contributed by atoms with van der Waals surface area (Å²) < 4.78 is 12.2. The number of aryl methyl sites for hydroxylation is 1. The molecule has 0 aromatic heterocycles. The number of hydrogen-bond donors (Lipinski definition) is 0. The number of nitrogens with zero attached hydrogens (tertiary/aromatic N) is 2. The summed E-state index contributed by atoms with van der Waals surface area (Å²) in [6, 6.07) is 20.9. The zero-order valence-corrected chi connectivity index (χ0v) is 24.4. The lowest BCUT2D eigenvalue weighted by molar-refractivity contribution is 0.00651. The van der Waals surface area contributed by atoms with Crippen LogP contribution in [0.1, 0.15) is 22.8 Å². The summed E-state index contributed by atoms with van der Waals surface area (Å²) in [6.07, 6.45) is 3.57. The van der Waals surface area contributed by atoms with E-state index in [1.54, 1.807) is 12.1 Å². The second-order valence-corrected chi connectivity index (χ2v) is 10.0. The van der Waals surface area contributed by atoms with Gasteiger partial charge in [0.05, 0.1) is 19.8 Å². The normalized spacial score (nSPS) is 14.5. The van der Waals surface area contributed by atoms with Crippen molar-refractivity contribution < 1.29 is 9.47 Å². The molecule has 4 nitrogen and oxygen atoms in total. The van der Waals surface area contributed by atoms with Crippen molar-refractivity contribution in [2.45, 2.75) is 25.1 Å². The van der Waals surface area contributed by atoms with Crippen LogP contribution in [0.3, 0.4) is 0 Å². The van der Waals surface area contributed by atoms with Gasteiger partial charge in [0.1, 0.15) is 24.0 Å². The molecule has 1 aliphatic heterocycles. The zero-order valence-electron chi connectivity index (χ0n) is 19.6. The maximum absolute atomic E-state index is 6.97. The van der Waals surface area contributed by atoms with E-state index < -0.39 is 11.6 Å². The molecule has 0 aliphatic carbocycles. The lowest BCUT2D eigenvalue weighted by atomic mass is 10.1. The molecule has 0 bridgehead atoms. The summed E-state index contributed by atoms with van der Waals surface area (Å²) in [5.74, 6) is 0.864. The number of halogens is 5. The van der Waals surface area contributed by atoms with E-state index >= 15 is 0 Å². The molecule has 0 saturated heterocycles. The van der Waals surface area contributed by atoms with Gasteiger partial charge in [-0.05, 0) is 54.4 Å². The number of rotatable bonds is 10. The minimum atomic E-state index is -0.457. The first kappa shape index (κ1) is 29.0. The highest BCUT2D eigenvalue weighted by Crippen LogP contribution is 2.32. The molecule has 192 valence electrons. The Hall–Kier alpha value is -1.60. The number of alkyl halides is 1. The fraction of sp³-hybridized carbons (Fsp3) is 0.259. The maximum atomic E-state index is 6.97. The highest BCUT2D eigenvalue weighted by molar-refractivity contribution is 8.93. The van der Waals surface area contributed by atoms with Crippen LogP contribution in [0.4, 0.5) is 0 Å². The van der Waals surface area contributed by atoms with Crippen LogP contribution in [0.5, 0.6) is 5.75 Å². The molecule has 0 spiro atoms. The molecule has 0 fully saturated rings. The minimum absolute atomic E-state index is 0. The lowest BCUT2D eigenvalue weighted by Gasteiger charge is -2.31. The second kappa shape index (κ2) is 13.8. The van der Waals surface area contributed by atoms with Crippen LogP contribution in [0.15, 0.2) is 79.1 Å². The largest absolute Gasteiger partial charge is 0.492 e. The molecule has 0 saturated carbocycles. The van der Waals surface area contributed by atoms with Crippen molar-refractivity contribution in [3.63, 3.8) is 0 Å². The van der Waals surface area contributed by atoms with Crippen molar-refractivity contribution in [3.8, 4) is 5.75 Å². The van der Waals surface area contributed by atoms with Gasteiger partial charge in [-0.1, -0.05) is 82.3 Å². The van der Waals surface area contributed by atoms with E-state index in [0.29, 0.717) is 28.3 Å².